The van der Waals surface area contributed by atoms with E-state index in [0.717, 1.165) is 9.88 Å². The topological polar surface area (TPSA) is 50.9 Å². The van der Waals surface area contributed by atoms with Crippen molar-refractivity contribution in [2.24, 2.45) is 5.84 Å². The Bertz CT molecular complexity index is 407. The van der Waals surface area contributed by atoms with Crippen molar-refractivity contribution in [2.45, 2.75) is 19.9 Å². The number of rotatable bonds is 3. The first-order valence-corrected chi connectivity index (χ1v) is 6.34. The minimum atomic E-state index is 0.0705. The first kappa shape index (κ1) is 10.8. The van der Waals surface area contributed by atoms with Gasteiger partial charge in [0.25, 0.3) is 0 Å². The van der Waals surface area contributed by atoms with Gasteiger partial charge in [-0.3, -0.25) is 5.84 Å². The molecular formula is C10H13N3S2. The fourth-order valence-corrected chi connectivity index (χ4v) is 3.07. The summed E-state index contributed by atoms with van der Waals surface area (Å²) in [6, 6.07) is 2.23. The first-order valence-electron chi connectivity index (χ1n) is 4.64. The number of nitrogens with one attached hydrogen (secondary N) is 1. The van der Waals surface area contributed by atoms with E-state index in [4.69, 9.17) is 5.84 Å². The molecule has 0 saturated heterocycles. The molecule has 80 valence electrons. The van der Waals surface area contributed by atoms with Crippen molar-refractivity contribution < 1.29 is 0 Å². The van der Waals surface area contributed by atoms with E-state index in [1.165, 1.54) is 10.4 Å². The van der Waals surface area contributed by atoms with Gasteiger partial charge in [0.2, 0.25) is 0 Å². The molecule has 2 aromatic heterocycles. The van der Waals surface area contributed by atoms with E-state index in [2.05, 4.69) is 28.8 Å². The predicted octanol–water partition coefficient (Wildman–Crippen LogP) is 2.37. The molecule has 0 aliphatic rings. The third-order valence-corrected chi connectivity index (χ3v) is 4.03. The average molecular weight is 239 g/mol. The molecule has 0 aliphatic carbocycles. The Labute approximate surface area is 96.9 Å². The second-order valence-electron chi connectivity index (χ2n) is 3.37. The lowest BCUT2D eigenvalue weighted by Crippen LogP contribution is -2.27. The third-order valence-electron chi connectivity index (χ3n) is 2.17. The molecule has 0 bridgehead atoms. The second-order valence-corrected chi connectivity index (χ2v) is 5.75. The predicted molar refractivity (Wildman–Crippen MR) is 65.1 cm³/mol. The van der Waals surface area contributed by atoms with Gasteiger partial charge in [-0.2, -0.15) is 0 Å². The average Bonchev–Trinajstić information content (AvgIpc) is 2.78. The lowest BCUT2D eigenvalue weighted by Gasteiger charge is -2.11. The largest absolute Gasteiger partial charge is 0.271 e. The van der Waals surface area contributed by atoms with E-state index in [9.17, 15) is 0 Å². The van der Waals surface area contributed by atoms with Crippen molar-refractivity contribution >= 4 is 22.7 Å². The Morgan fingerprint density at radius 3 is 2.73 bits per heavy atom. The van der Waals surface area contributed by atoms with Crippen molar-refractivity contribution in [2.75, 3.05) is 0 Å². The van der Waals surface area contributed by atoms with Crippen LogP contribution in [0, 0.1) is 13.8 Å². The van der Waals surface area contributed by atoms with Crippen molar-refractivity contribution in [1.29, 1.82) is 0 Å². The van der Waals surface area contributed by atoms with Gasteiger partial charge in [-0.25, -0.2) is 10.4 Å². The molecule has 2 rings (SSSR count). The van der Waals surface area contributed by atoms with E-state index in [-0.39, 0.29) is 6.04 Å². The summed E-state index contributed by atoms with van der Waals surface area (Å²) >= 11 is 3.41. The molecule has 2 aromatic rings. The maximum Gasteiger partial charge on any atom is 0.0897 e. The zero-order chi connectivity index (χ0) is 10.8. The van der Waals surface area contributed by atoms with Crippen LogP contribution in [0.1, 0.15) is 26.4 Å². The quantitative estimate of drug-likeness (QED) is 0.638. The highest BCUT2D eigenvalue weighted by atomic mass is 32.1. The summed E-state index contributed by atoms with van der Waals surface area (Å²) in [7, 11) is 0. The minimum absolute atomic E-state index is 0.0705. The summed E-state index contributed by atoms with van der Waals surface area (Å²) in [6.45, 7) is 4.10. The van der Waals surface area contributed by atoms with Crippen LogP contribution >= 0.6 is 22.7 Å². The molecule has 0 fully saturated rings. The molecule has 0 spiro atoms. The van der Waals surface area contributed by atoms with Gasteiger partial charge in [-0.15, -0.1) is 22.7 Å². The Morgan fingerprint density at radius 1 is 1.47 bits per heavy atom. The van der Waals surface area contributed by atoms with Crippen LogP contribution in [0.3, 0.4) is 0 Å². The first-order chi connectivity index (χ1) is 7.20. The van der Waals surface area contributed by atoms with Crippen molar-refractivity contribution in [1.82, 2.24) is 10.4 Å². The molecule has 3 N–H and O–H groups in total. The van der Waals surface area contributed by atoms with E-state index in [1.54, 1.807) is 22.7 Å². The van der Waals surface area contributed by atoms with Gasteiger partial charge in [0.1, 0.15) is 0 Å². The molecule has 15 heavy (non-hydrogen) atoms. The van der Waals surface area contributed by atoms with Crippen molar-refractivity contribution in [3.63, 3.8) is 0 Å². The monoisotopic (exact) mass is 239 g/mol. The summed E-state index contributed by atoms with van der Waals surface area (Å²) in [5.41, 5.74) is 4.05. The minimum Gasteiger partial charge on any atom is -0.271 e. The van der Waals surface area contributed by atoms with Gasteiger partial charge < -0.3 is 0 Å². The van der Waals surface area contributed by atoms with Gasteiger partial charge >= 0.3 is 0 Å². The maximum absolute atomic E-state index is 5.59. The van der Waals surface area contributed by atoms with Gasteiger partial charge in [-0.05, 0) is 30.9 Å². The lowest BCUT2D eigenvalue weighted by molar-refractivity contribution is 0.647. The Hall–Kier alpha value is -0.750. The molecule has 0 amide bonds. The van der Waals surface area contributed by atoms with Gasteiger partial charge in [0.15, 0.2) is 0 Å². The van der Waals surface area contributed by atoms with E-state index in [0.29, 0.717) is 0 Å². The van der Waals surface area contributed by atoms with E-state index < -0.39 is 0 Å². The molecule has 0 radical (unpaired) electrons. The maximum atomic E-state index is 5.59. The van der Waals surface area contributed by atoms with Crippen LogP contribution in [0.25, 0.3) is 0 Å². The zero-order valence-corrected chi connectivity index (χ0v) is 10.3. The third kappa shape index (κ3) is 2.26. The number of aromatic nitrogens is 1. The molecule has 3 nitrogen and oxygen atoms in total. The number of hydrogen-bond acceptors (Lipinski definition) is 5. The van der Waals surface area contributed by atoms with Crippen LogP contribution in [0.4, 0.5) is 0 Å². The highest BCUT2D eigenvalue weighted by Crippen LogP contribution is 2.28. The van der Waals surface area contributed by atoms with Crippen molar-refractivity contribution in [3.05, 3.63) is 38.0 Å². The summed E-state index contributed by atoms with van der Waals surface area (Å²) in [5.74, 6) is 5.59. The van der Waals surface area contributed by atoms with Gasteiger partial charge in [-0.1, -0.05) is 0 Å². The Morgan fingerprint density at radius 2 is 2.27 bits per heavy atom. The number of thiazole rings is 1. The van der Waals surface area contributed by atoms with Gasteiger partial charge in [0, 0.05) is 16.0 Å². The summed E-state index contributed by atoms with van der Waals surface area (Å²) < 4.78 is 0. The lowest BCUT2D eigenvalue weighted by atomic mass is 10.1. The van der Waals surface area contributed by atoms with Crippen LogP contribution in [0.2, 0.25) is 0 Å². The highest BCUT2D eigenvalue weighted by Gasteiger charge is 2.15. The SMILES string of the molecule is Cc1cc(C(NN)c2cnc(C)s2)cs1. The van der Waals surface area contributed by atoms with Crippen LogP contribution in [-0.2, 0) is 0 Å². The Balaban J connectivity index is 2.32. The molecule has 5 heteroatoms. The molecule has 0 saturated carbocycles. The number of aryl methyl sites for hydroxylation is 2. The molecule has 1 unspecified atom stereocenters. The van der Waals surface area contributed by atoms with Crippen LogP contribution < -0.4 is 11.3 Å². The number of nitrogens with two attached hydrogens (primary N) is 1. The second kappa shape index (κ2) is 4.40. The van der Waals surface area contributed by atoms with E-state index in [1.807, 2.05) is 13.1 Å². The smallest absolute Gasteiger partial charge is 0.0897 e. The Kier molecular flexibility index (Phi) is 3.16. The molecule has 0 aromatic carbocycles. The molecule has 2 heterocycles. The molecule has 1 atom stereocenters. The fraction of sp³-hybridized carbons (Fsp3) is 0.300. The molecular weight excluding hydrogens is 226 g/mol. The van der Waals surface area contributed by atoms with Crippen molar-refractivity contribution in [3.8, 4) is 0 Å². The van der Waals surface area contributed by atoms with Crippen LogP contribution in [0.15, 0.2) is 17.6 Å². The normalized spacial score (nSPS) is 13.0. The van der Waals surface area contributed by atoms with Gasteiger partial charge in [0.05, 0.1) is 11.0 Å². The number of hydrazine groups is 1. The highest BCUT2D eigenvalue weighted by molar-refractivity contribution is 7.11. The van der Waals surface area contributed by atoms with Crippen LogP contribution in [0.5, 0.6) is 0 Å². The number of nitrogens with zero attached hydrogens (tertiary/aromatic N) is 1. The number of hydrogen-bond donors (Lipinski definition) is 2. The summed E-state index contributed by atoms with van der Waals surface area (Å²) in [5, 5.41) is 3.20. The van der Waals surface area contributed by atoms with Crippen LogP contribution in [-0.4, -0.2) is 4.98 Å². The number of thiophene rings is 1. The molecule has 0 aliphatic heterocycles. The summed E-state index contributed by atoms with van der Waals surface area (Å²) in [4.78, 5) is 6.70. The zero-order valence-electron chi connectivity index (χ0n) is 8.65. The standard InChI is InChI=1S/C10H13N3S2/c1-6-3-8(5-14-6)10(13-11)9-4-12-7(2)15-9/h3-5,10,13H,11H2,1-2H3. The summed E-state index contributed by atoms with van der Waals surface area (Å²) in [6.07, 6.45) is 1.89. The van der Waals surface area contributed by atoms with E-state index >= 15 is 0 Å². The fourth-order valence-electron chi connectivity index (χ4n) is 1.47.